The van der Waals surface area contributed by atoms with Crippen LogP contribution in [-0.4, -0.2) is 115 Å². The molecule has 2 aromatic rings. The minimum atomic E-state index is -1.23. The van der Waals surface area contributed by atoms with Crippen LogP contribution in [0.4, 0.5) is 27.2 Å². The number of nitrogens with zero attached hydrogens (tertiary/aromatic N) is 2. The van der Waals surface area contributed by atoms with Crippen molar-refractivity contribution >= 4 is 39.9 Å². The molecule has 0 bridgehead atoms. The molecule has 2 saturated heterocycles. The minimum absolute atomic E-state index is 0. The Morgan fingerprint density at radius 2 is 0.944 bits per heavy atom. The van der Waals surface area contributed by atoms with Crippen molar-refractivity contribution in [1.82, 2.24) is 9.80 Å². The van der Waals surface area contributed by atoms with E-state index in [4.69, 9.17) is 26.5 Å². The molecule has 0 aliphatic carbocycles. The molecule has 0 saturated carbocycles. The fourth-order valence-electron chi connectivity index (χ4n) is 5.05. The summed E-state index contributed by atoms with van der Waals surface area (Å²) < 4.78 is 83.2. The summed E-state index contributed by atoms with van der Waals surface area (Å²) in [6.45, 7) is 13.0. The van der Waals surface area contributed by atoms with E-state index >= 15 is 0 Å². The predicted molar refractivity (Wildman–Crippen MR) is 188 cm³/mol. The summed E-state index contributed by atoms with van der Waals surface area (Å²) in [7, 11) is 3.31. The predicted octanol–water partition coefficient (Wildman–Crippen LogP) is 2.75. The van der Waals surface area contributed by atoms with Gasteiger partial charge in [-0.1, -0.05) is 0 Å². The number of carbonyl (C=O) groups is 4. The fourth-order valence-corrected chi connectivity index (χ4v) is 5.89. The van der Waals surface area contributed by atoms with Gasteiger partial charge in [0, 0.05) is 77.3 Å². The van der Waals surface area contributed by atoms with Crippen molar-refractivity contribution in [2.45, 2.75) is 77.4 Å². The first-order chi connectivity index (χ1) is 24.7. The van der Waals surface area contributed by atoms with Gasteiger partial charge in [-0.3, -0.25) is 9.59 Å². The van der Waals surface area contributed by atoms with Crippen molar-refractivity contribution in [3.05, 3.63) is 70.8 Å². The minimum Gasteiger partial charge on any atom is -0.640 e. The number of rotatable bonds is 10. The van der Waals surface area contributed by atoms with Crippen LogP contribution < -0.4 is 29.6 Å². The zero-order chi connectivity index (χ0) is 39.9. The van der Waals surface area contributed by atoms with Gasteiger partial charge in [0.05, 0.1) is 13.2 Å². The van der Waals surface area contributed by atoms with E-state index in [0.29, 0.717) is 37.6 Å². The van der Waals surface area contributed by atoms with Gasteiger partial charge in [0.15, 0.2) is 0 Å². The molecule has 0 unspecified atom stereocenters. The monoisotopic (exact) mass is 796 g/mol. The van der Waals surface area contributed by atoms with Gasteiger partial charge < -0.3 is 26.5 Å². The van der Waals surface area contributed by atoms with E-state index < -0.39 is 86.2 Å². The standard InChI is InChI=1S/2C15H17F2NO3.2C3H7O2.Al.Na.2H/c2*1-15(2,3)21-14(20)18-8-10(6-13(18)19)9-4-11(16)7-12(17)5-9;2*1-5-3-2-4;;;;/h2*4-5,7,10H,6,8H2,1-3H3;2*2-3H2,1H3;;;;/q;;2*-1;2*+1;;/t2*10-;;;;;;/m00....../s1. The van der Waals surface area contributed by atoms with E-state index in [9.17, 15) is 36.7 Å². The Hall–Kier alpha value is -2.59. The topological polar surface area (TPSA) is 130 Å². The van der Waals surface area contributed by atoms with Gasteiger partial charge in [-0.05, 0) is 76.9 Å². The Kier molecular flexibility index (Phi) is 21.5. The number of hydrogen-bond acceptors (Lipinski definition) is 10. The van der Waals surface area contributed by atoms with Crippen LogP contribution in [0.25, 0.3) is 0 Å². The molecule has 18 heteroatoms. The second-order valence-corrected chi connectivity index (χ2v) is 15.8. The van der Waals surface area contributed by atoms with E-state index in [2.05, 4.69) is 0 Å². The number of likely N-dealkylation sites (tertiary alicyclic amines) is 2. The van der Waals surface area contributed by atoms with Gasteiger partial charge in [-0.25, -0.2) is 37.0 Å². The summed E-state index contributed by atoms with van der Waals surface area (Å²) in [6, 6.07) is 6.26. The third-order valence-electron chi connectivity index (χ3n) is 7.41. The van der Waals surface area contributed by atoms with E-state index in [0.717, 1.165) is 21.9 Å². The molecule has 2 aromatic carbocycles. The van der Waals surface area contributed by atoms with Crippen LogP contribution >= 0.6 is 0 Å². The van der Waals surface area contributed by atoms with Gasteiger partial charge in [-0.15, -0.1) is 0 Å². The molecule has 12 nitrogen and oxygen atoms in total. The molecule has 2 aliphatic heterocycles. The molecule has 0 radical (unpaired) electrons. The fraction of sp³-hybridized carbons (Fsp3) is 0.556. The maximum Gasteiger partial charge on any atom is 1.00 e. The Balaban J connectivity index is 0.000000423. The smallest absolute Gasteiger partial charge is 0.640 e. The van der Waals surface area contributed by atoms with Crippen LogP contribution in [0.5, 0.6) is 0 Å². The van der Waals surface area contributed by atoms with E-state index in [1.165, 1.54) is 24.3 Å². The summed E-state index contributed by atoms with van der Waals surface area (Å²) in [6.07, 6.45) is -1.40. The normalized spacial score (nSPS) is 16.9. The molecule has 2 aliphatic rings. The SMILES string of the molecule is CC(C)(C)OC(=O)N1C[C@@H](c2cc(F)cc(F)c2)CC1=O.CC(C)(C)OC(=O)N1C[C@@H](c2cc(F)cc(F)c2)CC1=O.COCC[O][AlH2-][O]CCOC.[Na+]. The quantitative estimate of drug-likeness (QED) is 0.201. The first-order valence-corrected chi connectivity index (χ1v) is 18.7. The summed E-state index contributed by atoms with van der Waals surface area (Å²) in [4.78, 5) is 49.6. The van der Waals surface area contributed by atoms with Crippen LogP contribution in [0.15, 0.2) is 36.4 Å². The second kappa shape index (κ2) is 23.5. The molecule has 2 atom stereocenters. The third kappa shape index (κ3) is 18.4. The van der Waals surface area contributed by atoms with Crippen molar-refractivity contribution < 1.29 is 92.8 Å². The van der Waals surface area contributed by atoms with Crippen LogP contribution in [0, 0.1) is 23.3 Å². The maximum absolute atomic E-state index is 13.2. The summed E-state index contributed by atoms with van der Waals surface area (Å²) in [5.74, 6) is -4.45. The molecule has 0 aromatic heterocycles. The van der Waals surface area contributed by atoms with Crippen molar-refractivity contribution in [2.75, 3.05) is 53.7 Å². The van der Waals surface area contributed by atoms with Gasteiger partial charge in [0.1, 0.15) is 34.5 Å². The summed E-state index contributed by atoms with van der Waals surface area (Å²) in [5, 5.41) is 0. The molecule has 4 amide bonds. The van der Waals surface area contributed by atoms with Gasteiger partial charge in [-0.2, -0.15) is 0 Å². The molecule has 0 spiro atoms. The molecular formula is C36H50AlF4N2NaO10. The zero-order valence-corrected chi connectivity index (χ0v) is 36.8. The second-order valence-electron chi connectivity index (χ2n) is 14.3. The number of methoxy groups -OCH3 is 2. The average Bonchev–Trinajstić information content (AvgIpc) is 3.62. The zero-order valence-electron chi connectivity index (χ0n) is 32.8. The van der Waals surface area contributed by atoms with Gasteiger partial charge in [0.2, 0.25) is 11.8 Å². The molecule has 4 rings (SSSR count). The van der Waals surface area contributed by atoms with E-state index in [1.807, 2.05) is 0 Å². The Morgan fingerprint density at radius 3 is 1.22 bits per heavy atom. The number of hydrogen-bond donors (Lipinski definition) is 0. The third-order valence-corrected chi connectivity index (χ3v) is 8.70. The molecule has 54 heavy (non-hydrogen) atoms. The summed E-state index contributed by atoms with van der Waals surface area (Å²) in [5.41, 5.74) is -0.681. The van der Waals surface area contributed by atoms with Crippen molar-refractivity contribution in [3.63, 3.8) is 0 Å². The molecule has 2 heterocycles. The molecule has 2 fully saturated rings. The average molecular weight is 797 g/mol. The summed E-state index contributed by atoms with van der Waals surface area (Å²) >= 11 is -1.23. The number of ether oxygens (including phenoxy) is 4. The number of carbonyl (C=O) groups excluding carboxylic acids is 4. The number of benzene rings is 2. The Morgan fingerprint density at radius 1 is 0.630 bits per heavy atom. The maximum atomic E-state index is 13.2. The van der Waals surface area contributed by atoms with Crippen molar-refractivity contribution in [2.24, 2.45) is 0 Å². The number of halogens is 4. The number of imide groups is 2. The van der Waals surface area contributed by atoms with Crippen LogP contribution in [0.1, 0.15) is 77.3 Å². The van der Waals surface area contributed by atoms with Crippen LogP contribution in [-0.2, 0) is 36.1 Å². The molecule has 0 N–H and O–H groups in total. The molecule has 296 valence electrons. The Bertz CT molecular complexity index is 1390. The van der Waals surface area contributed by atoms with E-state index in [-0.39, 0.29) is 55.5 Å². The van der Waals surface area contributed by atoms with Gasteiger partial charge >= 0.3 is 57.6 Å². The Labute approximate surface area is 342 Å². The van der Waals surface area contributed by atoms with Crippen molar-refractivity contribution in [3.8, 4) is 0 Å². The van der Waals surface area contributed by atoms with Crippen LogP contribution in [0.3, 0.4) is 0 Å². The first kappa shape index (κ1) is 49.4. The number of amides is 4. The molecular weight excluding hydrogens is 746 g/mol. The first-order valence-electron chi connectivity index (χ1n) is 17.1. The van der Waals surface area contributed by atoms with Crippen molar-refractivity contribution in [1.29, 1.82) is 0 Å². The van der Waals surface area contributed by atoms with E-state index in [1.54, 1.807) is 55.8 Å². The largest absolute Gasteiger partial charge is 1.00 e. The van der Waals surface area contributed by atoms with Gasteiger partial charge in [0.25, 0.3) is 0 Å². The van der Waals surface area contributed by atoms with Crippen LogP contribution in [0.2, 0.25) is 0 Å².